The minimum atomic E-state index is -0.146. The highest BCUT2D eigenvalue weighted by Gasteiger charge is 2.14. The van der Waals surface area contributed by atoms with Gasteiger partial charge in [-0.2, -0.15) is 11.8 Å². The summed E-state index contributed by atoms with van der Waals surface area (Å²) >= 11 is 1.68. The summed E-state index contributed by atoms with van der Waals surface area (Å²) in [6.07, 6.45) is 31.7. The van der Waals surface area contributed by atoms with E-state index in [-0.39, 0.29) is 17.8 Å². The van der Waals surface area contributed by atoms with Crippen molar-refractivity contribution in [2.75, 3.05) is 58.4 Å². The second-order valence-electron chi connectivity index (χ2n) is 13.3. The fraction of sp³-hybridized carbons (Fsp3) is 0.825. The zero-order chi connectivity index (χ0) is 35.3. The lowest BCUT2D eigenvalue weighted by molar-refractivity contribution is -0.143. The molecular formula is C40H74N2O5S. The van der Waals surface area contributed by atoms with E-state index in [0.29, 0.717) is 44.9 Å². The summed E-state index contributed by atoms with van der Waals surface area (Å²) in [5.41, 5.74) is 0. The Balaban J connectivity index is 4.19. The molecule has 280 valence electrons. The molecule has 48 heavy (non-hydrogen) atoms. The van der Waals surface area contributed by atoms with Gasteiger partial charge in [-0.1, -0.05) is 115 Å². The molecule has 0 aliphatic carbocycles. The van der Waals surface area contributed by atoms with E-state index in [1.54, 1.807) is 11.8 Å². The van der Waals surface area contributed by atoms with Crippen LogP contribution in [0.15, 0.2) is 24.3 Å². The molecule has 0 atom stereocenters. The van der Waals surface area contributed by atoms with Gasteiger partial charge in [0.2, 0.25) is 5.91 Å². The summed E-state index contributed by atoms with van der Waals surface area (Å²) in [6.45, 7) is 7.55. The Bertz CT molecular complexity index is 765. The van der Waals surface area contributed by atoms with Crippen LogP contribution in [0.3, 0.4) is 0 Å². The van der Waals surface area contributed by atoms with Gasteiger partial charge in [0.15, 0.2) is 0 Å². The van der Waals surface area contributed by atoms with E-state index < -0.39 is 0 Å². The van der Waals surface area contributed by atoms with Crippen LogP contribution in [-0.2, 0) is 23.9 Å². The monoisotopic (exact) mass is 695 g/mol. The van der Waals surface area contributed by atoms with E-state index in [1.165, 1.54) is 77.0 Å². The molecule has 0 heterocycles. The molecule has 0 saturated heterocycles. The van der Waals surface area contributed by atoms with Crippen molar-refractivity contribution < 1.29 is 23.9 Å². The van der Waals surface area contributed by atoms with Crippen LogP contribution in [-0.4, -0.2) is 86.1 Å². The quantitative estimate of drug-likeness (QED) is 0.0371. The smallest absolute Gasteiger partial charge is 0.306 e. The third-order valence-electron chi connectivity index (χ3n) is 8.34. The van der Waals surface area contributed by atoms with Crippen molar-refractivity contribution >= 4 is 29.6 Å². The SMILES string of the molecule is CCCCCCCC/C=C\COC(=O)CCCCCN(CCCCCC(=O)OC/C=C\CCCCCCCC)C(=O)CSCCN(C)C. The molecule has 1 amide bonds. The summed E-state index contributed by atoms with van der Waals surface area (Å²) < 4.78 is 10.7. The van der Waals surface area contributed by atoms with Crippen LogP contribution in [0.2, 0.25) is 0 Å². The molecule has 0 aliphatic heterocycles. The number of amides is 1. The molecule has 0 rings (SSSR count). The Morgan fingerprint density at radius 1 is 0.542 bits per heavy atom. The molecule has 0 N–H and O–H groups in total. The van der Waals surface area contributed by atoms with E-state index in [9.17, 15) is 14.4 Å². The van der Waals surface area contributed by atoms with Gasteiger partial charge in [-0.15, -0.1) is 0 Å². The van der Waals surface area contributed by atoms with Crippen molar-refractivity contribution in [2.24, 2.45) is 0 Å². The maximum Gasteiger partial charge on any atom is 0.306 e. The molecule has 0 radical (unpaired) electrons. The third kappa shape index (κ3) is 34.1. The zero-order valence-corrected chi connectivity index (χ0v) is 32.5. The Morgan fingerprint density at radius 3 is 1.44 bits per heavy atom. The van der Waals surface area contributed by atoms with E-state index in [0.717, 1.165) is 63.7 Å². The first-order valence-electron chi connectivity index (χ1n) is 19.5. The Kier molecular flexibility index (Phi) is 35.1. The largest absolute Gasteiger partial charge is 0.461 e. The van der Waals surface area contributed by atoms with Crippen molar-refractivity contribution in [3.05, 3.63) is 24.3 Å². The fourth-order valence-electron chi connectivity index (χ4n) is 5.24. The number of esters is 2. The van der Waals surface area contributed by atoms with Crippen LogP contribution in [0.4, 0.5) is 0 Å². The molecule has 0 aromatic heterocycles. The Hall–Kier alpha value is -1.80. The standard InChI is InChI=1S/C40H74N2O5S/c1-5-7-9-11-13-15-17-19-27-34-46-39(44)29-23-21-25-31-42(38(43)37-48-36-33-41(3)4)32-26-22-24-30-40(45)47-35-28-20-18-16-14-12-10-8-6-2/h19-20,27-28H,5-18,21-26,29-37H2,1-4H3/b27-19-,28-20-. The normalized spacial score (nSPS) is 11.6. The van der Waals surface area contributed by atoms with Crippen molar-refractivity contribution in [2.45, 2.75) is 155 Å². The minimum Gasteiger partial charge on any atom is -0.461 e. The van der Waals surface area contributed by atoms with E-state index in [4.69, 9.17) is 9.47 Å². The van der Waals surface area contributed by atoms with Crippen LogP contribution in [0.25, 0.3) is 0 Å². The lowest BCUT2D eigenvalue weighted by Crippen LogP contribution is -2.34. The van der Waals surface area contributed by atoms with E-state index in [1.807, 2.05) is 31.1 Å². The minimum absolute atomic E-state index is 0.146. The molecule has 0 bridgehead atoms. The van der Waals surface area contributed by atoms with Crippen LogP contribution >= 0.6 is 11.8 Å². The van der Waals surface area contributed by atoms with Gasteiger partial charge in [-0.25, -0.2) is 0 Å². The fourth-order valence-corrected chi connectivity index (χ4v) is 6.24. The number of nitrogens with zero attached hydrogens (tertiary/aromatic N) is 2. The molecule has 0 saturated carbocycles. The second-order valence-corrected chi connectivity index (χ2v) is 14.4. The molecule has 0 unspecified atom stereocenters. The lowest BCUT2D eigenvalue weighted by atomic mass is 10.1. The van der Waals surface area contributed by atoms with Gasteiger partial charge in [0, 0.05) is 38.2 Å². The predicted molar refractivity (Wildman–Crippen MR) is 206 cm³/mol. The van der Waals surface area contributed by atoms with Crippen LogP contribution in [0.1, 0.15) is 155 Å². The van der Waals surface area contributed by atoms with Crippen LogP contribution in [0.5, 0.6) is 0 Å². The number of thioether (sulfide) groups is 1. The number of hydrogen-bond acceptors (Lipinski definition) is 7. The summed E-state index contributed by atoms with van der Waals surface area (Å²) in [7, 11) is 4.09. The number of unbranched alkanes of at least 4 members (excludes halogenated alkanes) is 16. The van der Waals surface area contributed by atoms with Gasteiger partial charge in [0.25, 0.3) is 0 Å². The van der Waals surface area contributed by atoms with Crippen LogP contribution in [0, 0.1) is 0 Å². The maximum atomic E-state index is 13.0. The molecule has 7 nitrogen and oxygen atoms in total. The van der Waals surface area contributed by atoms with Gasteiger partial charge in [-0.3, -0.25) is 14.4 Å². The highest BCUT2D eigenvalue weighted by Crippen LogP contribution is 2.11. The van der Waals surface area contributed by atoms with Gasteiger partial charge >= 0.3 is 11.9 Å². The first kappa shape index (κ1) is 46.2. The first-order valence-corrected chi connectivity index (χ1v) is 20.7. The van der Waals surface area contributed by atoms with Gasteiger partial charge in [0.05, 0.1) is 5.75 Å². The van der Waals surface area contributed by atoms with Crippen molar-refractivity contribution in [1.82, 2.24) is 9.80 Å². The summed E-state index contributed by atoms with van der Waals surface area (Å²) in [5, 5.41) is 0. The topological polar surface area (TPSA) is 76.1 Å². The third-order valence-corrected chi connectivity index (χ3v) is 9.26. The lowest BCUT2D eigenvalue weighted by Gasteiger charge is -2.23. The summed E-state index contributed by atoms with van der Waals surface area (Å²) in [6, 6.07) is 0. The molecule has 0 spiro atoms. The second kappa shape index (κ2) is 36.5. The number of allylic oxidation sites excluding steroid dienone is 2. The molecule has 0 fully saturated rings. The predicted octanol–water partition coefficient (Wildman–Crippen LogP) is 9.93. The van der Waals surface area contributed by atoms with Crippen molar-refractivity contribution in [3.8, 4) is 0 Å². The molecule has 8 heteroatoms. The number of carbonyl (C=O) groups excluding carboxylic acids is 3. The highest BCUT2D eigenvalue weighted by molar-refractivity contribution is 7.99. The van der Waals surface area contributed by atoms with Gasteiger partial charge < -0.3 is 19.3 Å². The molecular weight excluding hydrogens is 621 g/mol. The van der Waals surface area contributed by atoms with Gasteiger partial charge in [0.1, 0.15) is 13.2 Å². The zero-order valence-electron chi connectivity index (χ0n) is 31.7. The summed E-state index contributed by atoms with van der Waals surface area (Å²) in [4.78, 5) is 41.3. The van der Waals surface area contributed by atoms with Crippen molar-refractivity contribution in [3.63, 3.8) is 0 Å². The Labute approximate surface area is 300 Å². The Morgan fingerprint density at radius 2 is 0.979 bits per heavy atom. The number of hydrogen-bond donors (Lipinski definition) is 0. The average molecular weight is 695 g/mol. The van der Waals surface area contributed by atoms with Crippen LogP contribution < -0.4 is 0 Å². The summed E-state index contributed by atoms with van der Waals surface area (Å²) in [5.74, 6) is 1.31. The van der Waals surface area contributed by atoms with Crippen molar-refractivity contribution in [1.29, 1.82) is 0 Å². The molecule has 0 aliphatic rings. The number of carbonyl (C=O) groups is 3. The van der Waals surface area contributed by atoms with Gasteiger partial charge in [-0.05, 0) is 65.5 Å². The molecule has 0 aromatic rings. The molecule has 0 aromatic carbocycles. The van der Waals surface area contributed by atoms with E-state index >= 15 is 0 Å². The number of ether oxygens (including phenoxy) is 2. The number of rotatable bonds is 35. The maximum absolute atomic E-state index is 13.0. The first-order chi connectivity index (χ1) is 23.4. The van der Waals surface area contributed by atoms with E-state index in [2.05, 4.69) is 30.9 Å². The average Bonchev–Trinajstić information content (AvgIpc) is 3.06. The highest BCUT2D eigenvalue weighted by atomic mass is 32.2.